The minimum Gasteiger partial charge on any atom is -0.486 e. The van der Waals surface area contributed by atoms with Crippen molar-refractivity contribution in [2.45, 2.75) is 25.9 Å². The molecule has 1 saturated heterocycles. The summed E-state index contributed by atoms with van der Waals surface area (Å²) in [5.41, 5.74) is 1.39. The van der Waals surface area contributed by atoms with Crippen LogP contribution in [-0.2, 0) is 21.7 Å². The van der Waals surface area contributed by atoms with Gasteiger partial charge in [0.15, 0.2) is 11.5 Å². The highest BCUT2D eigenvalue weighted by atomic mass is 16.6. The lowest BCUT2D eigenvalue weighted by Gasteiger charge is -2.25. The van der Waals surface area contributed by atoms with Crippen molar-refractivity contribution in [3.05, 3.63) is 59.2 Å². The Hall–Kier alpha value is -3.55. The molecule has 1 N–H and O–H groups in total. The van der Waals surface area contributed by atoms with E-state index in [4.69, 9.17) is 9.47 Å². The van der Waals surface area contributed by atoms with Crippen LogP contribution in [0.25, 0.3) is 0 Å². The Bertz CT molecular complexity index is 1040. The first-order valence-corrected chi connectivity index (χ1v) is 10.1. The second kappa shape index (κ2) is 7.94. The van der Waals surface area contributed by atoms with Crippen LogP contribution in [0.4, 0.5) is 4.79 Å². The molecule has 4 rings (SSSR count). The summed E-state index contributed by atoms with van der Waals surface area (Å²) in [5.74, 6) is 0.321. The van der Waals surface area contributed by atoms with Crippen LogP contribution in [-0.4, -0.2) is 54.5 Å². The van der Waals surface area contributed by atoms with E-state index < -0.39 is 17.5 Å². The second-order valence-corrected chi connectivity index (χ2v) is 8.04. The van der Waals surface area contributed by atoms with Gasteiger partial charge < -0.3 is 19.7 Å². The number of hydrogen-bond acceptors (Lipinski definition) is 5. The predicted octanol–water partition coefficient (Wildman–Crippen LogP) is 2.19. The molecule has 31 heavy (non-hydrogen) atoms. The van der Waals surface area contributed by atoms with Gasteiger partial charge in [0, 0.05) is 13.6 Å². The highest BCUT2D eigenvalue weighted by Crippen LogP contribution is 2.36. The monoisotopic (exact) mass is 423 g/mol. The summed E-state index contributed by atoms with van der Waals surface area (Å²) >= 11 is 0. The SMILES string of the molecule is Cc1ccc(CN(C)C(=O)CN2C(=O)N[C@@](C)(c3ccc4c(c3)OCCO4)C2=O)cc1. The van der Waals surface area contributed by atoms with E-state index >= 15 is 0 Å². The largest absolute Gasteiger partial charge is 0.486 e. The molecule has 2 heterocycles. The molecule has 0 unspecified atom stereocenters. The summed E-state index contributed by atoms with van der Waals surface area (Å²) in [6.45, 7) is 4.57. The molecule has 8 nitrogen and oxygen atoms in total. The van der Waals surface area contributed by atoms with E-state index in [1.165, 1.54) is 4.90 Å². The number of rotatable bonds is 5. The van der Waals surface area contributed by atoms with E-state index in [0.29, 0.717) is 36.8 Å². The Labute approximate surface area is 180 Å². The minimum absolute atomic E-state index is 0.324. The first-order chi connectivity index (χ1) is 14.8. The average Bonchev–Trinajstić information content (AvgIpc) is 2.98. The lowest BCUT2D eigenvalue weighted by Crippen LogP contribution is -2.43. The number of carbonyl (C=O) groups is 3. The van der Waals surface area contributed by atoms with E-state index in [-0.39, 0.29) is 12.5 Å². The molecule has 8 heteroatoms. The molecular formula is C23H25N3O5. The van der Waals surface area contributed by atoms with E-state index in [1.54, 1.807) is 32.2 Å². The second-order valence-electron chi connectivity index (χ2n) is 8.04. The third-order valence-corrected chi connectivity index (χ3v) is 5.65. The fraction of sp³-hybridized carbons (Fsp3) is 0.348. The zero-order chi connectivity index (χ0) is 22.2. The summed E-state index contributed by atoms with van der Waals surface area (Å²) in [5, 5.41) is 2.72. The zero-order valence-corrected chi connectivity index (χ0v) is 17.8. The van der Waals surface area contributed by atoms with Gasteiger partial charge in [0.1, 0.15) is 25.3 Å². The minimum atomic E-state index is -1.29. The summed E-state index contributed by atoms with van der Waals surface area (Å²) in [6, 6.07) is 12.4. The molecule has 2 aromatic carbocycles. The molecule has 2 aliphatic heterocycles. The van der Waals surface area contributed by atoms with E-state index in [2.05, 4.69) is 5.32 Å². The van der Waals surface area contributed by atoms with Crippen LogP contribution in [0.2, 0.25) is 0 Å². The van der Waals surface area contributed by atoms with Crippen molar-refractivity contribution >= 4 is 17.8 Å². The maximum Gasteiger partial charge on any atom is 0.325 e. The average molecular weight is 423 g/mol. The molecule has 2 aromatic rings. The standard InChI is InChI=1S/C23H25N3O5/c1-15-4-6-16(7-5-15)13-25(3)20(27)14-26-21(28)23(2,24-22(26)29)17-8-9-18-19(12-17)31-11-10-30-18/h4-9,12H,10-11,13-14H2,1-3H3,(H,24,29)/t23-/m0/s1. The van der Waals surface area contributed by atoms with Gasteiger partial charge in [0.25, 0.3) is 5.91 Å². The lowest BCUT2D eigenvalue weighted by molar-refractivity contribution is -0.138. The number of fused-ring (bicyclic) bond motifs is 1. The van der Waals surface area contributed by atoms with Gasteiger partial charge in [-0.25, -0.2) is 4.79 Å². The van der Waals surface area contributed by atoms with Gasteiger partial charge in [-0.05, 0) is 37.1 Å². The fourth-order valence-corrected chi connectivity index (χ4v) is 3.70. The van der Waals surface area contributed by atoms with Crippen LogP contribution in [0.15, 0.2) is 42.5 Å². The van der Waals surface area contributed by atoms with Gasteiger partial charge in [-0.15, -0.1) is 0 Å². The molecule has 162 valence electrons. The fourth-order valence-electron chi connectivity index (χ4n) is 3.70. The molecule has 4 amide bonds. The number of aryl methyl sites for hydroxylation is 1. The van der Waals surface area contributed by atoms with Crippen molar-refractivity contribution < 1.29 is 23.9 Å². The van der Waals surface area contributed by atoms with Crippen LogP contribution < -0.4 is 14.8 Å². The van der Waals surface area contributed by atoms with E-state index in [0.717, 1.165) is 16.0 Å². The first kappa shape index (κ1) is 20.7. The summed E-state index contributed by atoms with van der Waals surface area (Å²) < 4.78 is 11.1. The smallest absolute Gasteiger partial charge is 0.325 e. The van der Waals surface area contributed by atoms with Crippen molar-refractivity contribution in [3.8, 4) is 11.5 Å². The summed E-state index contributed by atoms with van der Waals surface area (Å²) in [7, 11) is 1.65. The van der Waals surface area contributed by atoms with Crippen LogP contribution >= 0.6 is 0 Å². The zero-order valence-electron chi connectivity index (χ0n) is 17.8. The number of amides is 4. The molecule has 1 fully saturated rings. The number of urea groups is 1. The van der Waals surface area contributed by atoms with Crippen molar-refractivity contribution in [2.24, 2.45) is 0 Å². The number of imide groups is 1. The third kappa shape index (κ3) is 3.93. The molecule has 0 aromatic heterocycles. The molecule has 0 aliphatic carbocycles. The Morgan fingerprint density at radius 3 is 2.48 bits per heavy atom. The number of nitrogens with zero attached hydrogens (tertiary/aromatic N) is 2. The normalized spacial score (nSPS) is 19.9. The Balaban J connectivity index is 1.47. The van der Waals surface area contributed by atoms with Crippen molar-refractivity contribution in [3.63, 3.8) is 0 Å². The van der Waals surface area contributed by atoms with Gasteiger partial charge in [0.2, 0.25) is 5.91 Å². The Morgan fingerprint density at radius 2 is 1.77 bits per heavy atom. The predicted molar refractivity (Wildman–Crippen MR) is 113 cm³/mol. The lowest BCUT2D eigenvalue weighted by atomic mass is 9.91. The highest BCUT2D eigenvalue weighted by Gasteiger charge is 2.50. The van der Waals surface area contributed by atoms with Crippen LogP contribution in [0.1, 0.15) is 23.6 Å². The Morgan fingerprint density at radius 1 is 1.10 bits per heavy atom. The molecule has 0 spiro atoms. The van der Waals surface area contributed by atoms with Gasteiger partial charge in [-0.1, -0.05) is 35.9 Å². The van der Waals surface area contributed by atoms with Crippen molar-refractivity contribution in [1.29, 1.82) is 0 Å². The third-order valence-electron chi connectivity index (χ3n) is 5.65. The molecule has 1 atom stereocenters. The van der Waals surface area contributed by atoms with Gasteiger partial charge in [0.05, 0.1) is 0 Å². The number of benzene rings is 2. The van der Waals surface area contributed by atoms with Crippen molar-refractivity contribution in [2.75, 3.05) is 26.8 Å². The first-order valence-electron chi connectivity index (χ1n) is 10.1. The van der Waals surface area contributed by atoms with Crippen molar-refractivity contribution in [1.82, 2.24) is 15.1 Å². The van der Waals surface area contributed by atoms with E-state index in [9.17, 15) is 14.4 Å². The molecule has 0 saturated carbocycles. The topological polar surface area (TPSA) is 88.2 Å². The van der Waals surface area contributed by atoms with Crippen LogP contribution in [0, 0.1) is 6.92 Å². The summed E-state index contributed by atoms with van der Waals surface area (Å²) in [4.78, 5) is 40.9. The number of ether oxygens (including phenoxy) is 2. The maximum absolute atomic E-state index is 13.2. The highest BCUT2D eigenvalue weighted by molar-refractivity contribution is 6.09. The molecular weight excluding hydrogens is 398 g/mol. The Kier molecular flexibility index (Phi) is 5.31. The van der Waals surface area contributed by atoms with Gasteiger partial charge in [-0.2, -0.15) is 0 Å². The van der Waals surface area contributed by atoms with Crippen LogP contribution in [0.5, 0.6) is 11.5 Å². The van der Waals surface area contributed by atoms with Crippen LogP contribution in [0.3, 0.4) is 0 Å². The van der Waals surface area contributed by atoms with Gasteiger partial charge >= 0.3 is 6.03 Å². The molecule has 0 bridgehead atoms. The molecule has 2 aliphatic rings. The quantitative estimate of drug-likeness (QED) is 0.745. The number of carbonyl (C=O) groups excluding carboxylic acids is 3. The number of hydrogen-bond donors (Lipinski definition) is 1. The number of likely N-dealkylation sites (N-methyl/N-ethyl adjacent to an activating group) is 1. The maximum atomic E-state index is 13.2. The van der Waals surface area contributed by atoms with E-state index in [1.807, 2.05) is 31.2 Å². The van der Waals surface area contributed by atoms with Gasteiger partial charge in [-0.3, -0.25) is 14.5 Å². The number of nitrogens with one attached hydrogen (secondary N) is 1. The molecule has 0 radical (unpaired) electrons. The summed E-state index contributed by atoms with van der Waals surface area (Å²) in [6.07, 6.45) is 0.